The van der Waals surface area contributed by atoms with Gasteiger partial charge < -0.3 is 14.4 Å². The third-order valence-corrected chi connectivity index (χ3v) is 3.24. The first-order valence-corrected chi connectivity index (χ1v) is 6.46. The summed E-state index contributed by atoms with van der Waals surface area (Å²) >= 11 is 0. The number of benzene rings is 1. The summed E-state index contributed by atoms with van der Waals surface area (Å²) in [7, 11) is 1.64. The average Bonchev–Trinajstić information content (AvgIpc) is 2.35. The normalized spacial score (nSPS) is 21.8. The van der Waals surface area contributed by atoms with Gasteiger partial charge in [0.25, 0.3) is 0 Å². The van der Waals surface area contributed by atoms with Crippen molar-refractivity contribution in [1.29, 1.82) is 5.26 Å². The molecule has 4 nitrogen and oxygen atoms in total. The van der Waals surface area contributed by atoms with Crippen molar-refractivity contribution in [2.75, 3.05) is 25.1 Å². The fourth-order valence-electron chi connectivity index (χ4n) is 2.63. The second kappa shape index (κ2) is 5.10. The number of nitrogens with zero attached hydrogens (tertiary/aromatic N) is 2. The van der Waals surface area contributed by atoms with E-state index < -0.39 is 0 Å². The Bertz CT molecular complexity index is 505. The first-order valence-electron chi connectivity index (χ1n) is 6.46. The van der Waals surface area contributed by atoms with Gasteiger partial charge in [0.05, 0.1) is 30.1 Å². The summed E-state index contributed by atoms with van der Waals surface area (Å²) in [6, 6.07) is 7.79. The molecule has 1 aliphatic rings. The average molecular weight is 260 g/mol. The number of morpholine rings is 1. The number of nitriles is 1. The molecule has 1 aromatic carbocycles. The summed E-state index contributed by atoms with van der Waals surface area (Å²) in [6.07, 6.45) is 0.140. The van der Waals surface area contributed by atoms with Crippen molar-refractivity contribution in [2.24, 2.45) is 0 Å². The van der Waals surface area contributed by atoms with E-state index in [9.17, 15) is 5.26 Å². The van der Waals surface area contributed by atoms with Crippen LogP contribution in [0.2, 0.25) is 0 Å². The molecule has 4 heteroatoms. The van der Waals surface area contributed by atoms with Crippen molar-refractivity contribution < 1.29 is 9.47 Å². The first-order chi connectivity index (χ1) is 8.95. The lowest BCUT2D eigenvalue weighted by atomic mass is 10.0. The van der Waals surface area contributed by atoms with Crippen molar-refractivity contribution in [1.82, 2.24) is 0 Å². The fraction of sp³-hybridized carbons (Fsp3) is 0.533. The van der Waals surface area contributed by atoms with E-state index in [1.807, 2.05) is 12.1 Å². The van der Waals surface area contributed by atoms with Crippen LogP contribution in [-0.4, -0.2) is 31.9 Å². The minimum absolute atomic E-state index is 0.140. The molecule has 0 spiro atoms. The van der Waals surface area contributed by atoms with Gasteiger partial charge >= 0.3 is 0 Å². The van der Waals surface area contributed by atoms with E-state index in [0.717, 1.165) is 24.5 Å². The summed E-state index contributed by atoms with van der Waals surface area (Å²) in [6.45, 7) is 7.74. The number of methoxy groups -OCH3 is 1. The van der Waals surface area contributed by atoms with Crippen LogP contribution in [0.15, 0.2) is 18.2 Å². The predicted octanol–water partition coefficient (Wildman–Crippen LogP) is 2.57. The summed E-state index contributed by atoms with van der Waals surface area (Å²) < 4.78 is 11.2. The Kier molecular flexibility index (Phi) is 3.68. The minimum atomic E-state index is -0.215. The monoisotopic (exact) mass is 260 g/mol. The molecule has 1 saturated heterocycles. The van der Waals surface area contributed by atoms with Gasteiger partial charge in [-0.15, -0.1) is 0 Å². The molecule has 1 fully saturated rings. The Morgan fingerprint density at radius 2 is 2.21 bits per heavy atom. The zero-order chi connectivity index (χ0) is 14.0. The van der Waals surface area contributed by atoms with E-state index in [0.29, 0.717) is 5.56 Å². The molecule has 0 N–H and O–H groups in total. The third kappa shape index (κ3) is 2.99. The Hall–Kier alpha value is -1.73. The summed E-state index contributed by atoms with van der Waals surface area (Å²) in [5.41, 5.74) is 1.38. The first kappa shape index (κ1) is 13.7. The molecule has 0 radical (unpaired) electrons. The second-order valence-corrected chi connectivity index (χ2v) is 5.56. The van der Waals surface area contributed by atoms with Crippen LogP contribution < -0.4 is 9.64 Å². The highest BCUT2D eigenvalue weighted by atomic mass is 16.5. The van der Waals surface area contributed by atoms with Gasteiger partial charge in [0.15, 0.2) is 0 Å². The highest BCUT2D eigenvalue weighted by Crippen LogP contribution is 2.31. The van der Waals surface area contributed by atoms with Gasteiger partial charge in [-0.3, -0.25) is 0 Å². The molecular formula is C15H20N2O2. The Morgan fingerprint density at radius 3 is 2.79 bits per heavy atom. The molecule has 1 atom stereocenters. The molecular weight excluding hydrogens is 240 g/mol. The van der Waals surface area contributed by atoms with Crippen LogP contribution in [-0.2, 0) is 4.74 Å². The van der Waals surface area contributed by atoms with Gasteiger partial charge in [0.1, 0.15) is 11.8 Å². The van der Waals surface area contributed by atoms with E-state index in [-0.39, 0.29) is 11.7 Å². The molecule has 0 bridgehead atoms. The Labute approximate surface area is 114 Å². The van der Waals surface area contributed by atoms with Crippen molar-refractivity contribution >= 4 is 5.69 Å². The molecule has 1 aliphatic heterocycles. The maximum absolute atomic E-state index is 9.26. The largest absolute Gasteiger partial charge is 0.497 e. The number of rotatable bonds is 2. The minimum Gasteiger partial charge on any atom is -0.497 e. The molecule has 1 unspecified atom stereocenters. The summed E-state index contributed by atoms with van der Waals surface area (Å²) in [5, 5.41) is 9.26. The van der Waals surface area contributed by atoms with Crippen LogP contribution >= 0.6 is 0 Å². The highest BCUT2D eigenvalue weighted by Gasteiger charge is 2.32. The van der Waals surface area contributed by atoms with E-state index in [1.165, 1.54) is 0 Å². The van der Waals surface area contributed by atoms with Crippen LogP contribution in [0.5, 0.6) is 5.75 Å². The molecule has 1 heterocycles. The molecule has 102 valence electrons. The number of hydrogen-bond acceptors (Lipinski definition) is 4. The van der Waals surface area contributed by atoms with Gasteiger partial charge in [0, 0.05) is 19.2 Å². The SMILES string of the molecule is COc1ccc(C#N)c(N2CC(C)OC(C)(C)C2)c1. The molecule has 0 aromatic heterocycles. The van der Waals surface area contributed by atoms with Crippen molar-refractivity contribution in [3.63, 3.8) is 0 Å². The van der Waals surface area contributed by atoms with Crippen LogP contribution in [0.4, 0.5) is 5.69 Å². The van der Waals surface area contributed by atoms with Crippen LogP contribution in [0.25, 0.3) is 0 Å². The van der Waals surface area contributed by atoms with Gasteiger partial charge in [-0.25, -0.2) is 0 Å². The lowest BCUT2D eigenvalue weighted by Crippen LogP contribution is -2.52. The van der Waals surface area contributed by atoms with E-state index in [4.69, 9.17) is 9.47 Å². The van der Waals surface area contributed by atoms with E-state index >= 15 is 0 Å². The number of hydrogen-bond donors (Lipinski definition) is 0. The smallest absolute Gasteiger partial charge is 0.121 e. The Morgan fingerprint density at radius 1 is 1.47 bits per heavy atom. The molecule has 2 rings (SSSR count). The van der Waals surface area contributed by atoms with Crippen molar-refractivity contribution in [3.8, 4) is 11.8 Å². The molecule has 0 amide bonds. The summed E-state index contributed by atoms with van der Waals surface area (Å²) in [4.78, 5) is 2.20. The molecule has 0 aliphatic carbocycles. The topological polar surface area (TPSA) is 45.5 Å². The number of anilines is 1. The Balaban J connectivity index is 2.37. The lowest BCUT2D eigenvalue weighted by molar-refractivity contribution is -0.0749. The summed E-state index contributed by atoms with van der Waals surface area (Å²) in [5.74, 6) is 0.769. The van der Waals surface area contributed by atoms with Crippen molar-refractivity contribution in [3.05, 3.63) is 23.8 Å². The quantitative estimate of drug-likeness (QED) is 0.820. The van der Waals surface area contributed by atoms with Crippen molar-refractivity contribution in [2.45, 2.75) is 32.5 Å². The van der Waals surface area contributed by atoms with Crippen LogP contribution in [0.3, 0.4) is 0 Å². The van der Waals surface area contributed by atoms with Gasteiger partial charge in [-0.2, -0.15) is 5.26 Å². The molecule has 19 heavy (non-hydrogen) atoms. The van der Waals surface area contributed by atoms with Gasteiger partial charge in [0.2, 0.25) is 0 Å². The predicted molar refractivity (Wildman–Crippen MR) is 74.5 cm³/mol. The lowest BCUT2D eigenvalue weighted by Gasteiger charge is -2.43. The van der Waals surface area contributed by atoms with Crippen LogP contribution in [0, 0.1) is 11.3 Å². The fourth-order valence-corrected chi connectivity index (χ4v) is 2.63. The van der Waals surface area contributed by atoms with Gasteiger partial charge in [-0.05, 0) is 32.9 Å². The standard InChI is InChI=1S/C15H20N2O2/c1-11-9-17(10-15(2,3)19-11)14-7-13(18-4)6-5-12(14)8-16/h5-7,11H,9-10H2,1-4H3. The maximum atomic E-state index is 9.26. The van der Waals surface area contributed by atoms with E-state index in [1.54, 1.807) is 13.2 Å². The molecule has 0 saturated carbocycles. The zero-order valence-corrected chi connectivity index (χ0v) is 11.9. The highest BCUT2D eigenvalue weighted by molar-refractivity contribution is 5.62. The second-order valence-electron chi connectivity index (χ2n) is 5.56. The zero-order valence-electron chi connectivity index (χ0n) is 11.9. The van der Waals surface area contributed by atoms with Crippen LogP contribution in [0.1, 0.15) is 26.3 Å². The number of ether oxygens (including phenoxy) is 2. The molecule has 1 aromatic rings. The third-order valence-electron chi connectivity index (χ3n) is 3.24. The van der Waals surface area contributed by atoms with Gasteiger partial charge in [-0.1, -0.05) is 0 Å². The van der Waals surface area contributed by atoms with E-state index in [2.05, 4.69) is 31.7 Å². The maximum Gasteiger partial charge on any atom is 0.121 e.